The summed E-state index contributed by atoms with van der Waals surface area (Å²) in [6, 6.07) is 9.31. The van der Waals surface area contributed by atoms with Gasteiger partial charge in [-0.15, -0.1) is 26.3 Å². The van der Waals surface area contributed by atoms with Gasteiger partial charge in [-0.2, -0.15) is 4.72 Å². The van der Waals surface area contributed by atoms with Gasteiger partial charge in [-0.05, 0) is 42.3 Å². The van der Waals surface area contributed by atoms with Crippen LogP contribution in [0.15, 0.2) is 40.6 Å². The second-order valence-corrected chi connectivity index (χ2v) is 9.56. The van der Waals surface area contributed by atoms with E-state index < -0.39 is 28.0 Å². The van der Waals surface area contributed by atoms with E-state index in [9.17, 15) is 18.3 Å². The summed E-state index contributed by atoms with van der Waals surface area (Å²) in [5.74, 6) is -1.34. The Morgan fingerprint density at radius 3 is 2.46 bits per heavy atom. The zero-order chi connectivity index (χ0) is 20.5. The van der Waals surface area contributed by atoms with Crippen LogP contribution in [0, 0.1) is 12.8 Å². The van der Waals surface area contributed by atoms with E-state index >= 15 is 0 Å². The van der Waals surface area contributed by atoms with Crippen LogP contribution >= 0.6 is 11.3 Å². The predicted octanol–water partition coefficient (Wildman–Crippen LogP) is 2.09. The number of aryl methyl sites for hydroxylation is 1. The normalized spacial score (nSPS) is 13.0. The highest BCUT2D eigenvalue weighted by molar-refractivity contribution is 7.91. The van der Waals surface area contributed by atoms with Crippen LogP contribution in [0.1, 0.15) is 19.4 Å². The van der Waals surface area contributed by atoms with Gasteiger partial charge < -0.3 is 5.11 Å². The molecule has 0 aliphatic carbocycles. The maximum atomic E-state index is 12.5. The standard InChI is InChI=1S/C17H19N5O4S2/c1-10(2)15(17(23)24)20-28(25,26)14-9-8-13(27-14)16-18-21-22(19-16)12-6-4-11(3)5-7-12/h4-10,15,20H,1-3H3,(H,23,24). The number of hydrogen-bond donors (Lipinski definition) is 2. The van der Waals surface area contributed by atoms with Gasteiger partial charge in [-0.25, -0.2) is 8.42 Å². The Balaban J connectivity index is 1.84. The molecular weight excluding hydrogens is 402 g/mol. The fraction of sp³-hybridized carbons (Fsp3) is 0.294. The molecular formula is C17H19N5O4S2. The van der Waals surface area contributed by atoms with Crippen LogP contribution in [0.2, 0.25) is 0 Å². The molecule has 2 aromatic heterocycles. The number of carboxylic acid groups (broad SMARTS) is 1. The second-order valence-electron chi connectivity index (χ2n) is 6.54. The number of aliphatic carboxylic acids is 1. The number of hydrogen-bond acceptors (Lipinski definition) is 7. The zero-order valence-corrected chi connectivity index (χ0v) is 17.0. The van der Waals surface area contributed by atoms with E-state index in [0.29, 0.717) is 4.88 Å². The number of rotatable bonds is 7. The lowest BCUT2D eigenvalue weighted by atomic mass is 10.1. The Hall–Kier alpha value is -2.63. The molecule has 0 aliphatic rings. The molecule has 1 aromatic carbocycles. The molecule has 2 N–H and O–H groups in total. The molecule has 0 saturated heterocycles. The van der Waals surface area contributed by atoms with Gasteiger partial charge in [-0.1, -0.05) is 31.5 Å². The van der Waals surface area contributed by atoms with Crippen molar-refractivity contribution in [2.24, 2.45) is 5.92 Å². The lowest BCUT2D eigenvalue weighted by Crippen LogP contribution is -2.43. The second kappa shape index (κ2) is 7.78. The molecule has 3 rings (SSSR count). The number of sulfonamides is 1. The SMILES string of the molecule is Cc1ccc(-n2nnc(-c3ccc(S(=O)(=O)NC(C(=O)O)C(C)C)s3)n2)cc1. The van der Waals surface area contributed by atoms with Crippen molar-refractivity contribution in [3.8, 4) is 16.4 Å². The van der Waals surface area contributed by atoms with Gasteiger partial charge in [0, 0.05) is 0 Å². The third-order valence-electron chi connectivity index (χ3n) is 3.96. The van der Waals surface area contributed by atoms with Crippen LogP contribution in [-0.4, -0.2) is 45.7 Å². The van der Waals surface area contributed by atoms with Crippen molar-refractivity contribution in [2.45, 2.75) is 31.0 Å². The zero-order valence-electron chi connectivity index (χ0n) is 15.4. The third kappa shape index (κ3) is 4.26. The van der Waals surface area contributed by atoms with E-state index in [1.807, 2.05) is 31.2 Å². The minimum atomic E-state index is -3.98. The first-order valence-corrected chi connectivity index (χ1v) is 10.7. The number of tetrazole rings is 1. The molecule has 1 unspecified atom stereocenters. The summed E-state index contributed by atoms with van der Waals surface area (Å²) in [4.78, 5) is 13.2. The van der Waals surface area contributed by atoms with E-state index in [4.69, 9.17) is 0 Å². The highest BCUT2D eigenvalue weighted by Crippen LogP contribution is 2.28. The summed E-state index contributed by atoms with van der Waals surface area (Å²) < 4.78 is 27.3. The fourth-order valence-corrected chi connectivity index (χ4v) is 4.97. The van der Waals surface area contributed by atoms with Crippen molar-refractivity contribution in [1.82, 2.24) is 24.9 Å². The Morgan fingerprint density at radius 2 is 1.86 bits per heavy atom. The monoisotopic (exact) mass is 421 g/mol. The summed E-state index contributed by atoms with van der Waals surface area (Å²) in [5.41, 5.74) is 1.84. The number of carbonyl (C=O) groups is 1. The number of nitrogens with one attached hydrogen (secondary N) is 1. The first-order valence-electron chi connectivity index (χ1n) is 8.40. The van der Waals surface area contributed by atoms with Gasteiger partial charge in [0.2, 0.25) is 5.82 Å². The first kappa shape index (κ1) is 20.1. The molecule has 2 heterocycles. The lowest BCUT2D eigenvalue weighted by molar-refractivity contribution is -0.140. The molecule has 0 radical (unpaired) electrons. The van der Waals surface area contributed by atoms with Crippen molar-refractivity contribution in [3.05, 3.63) is 42.0 Å². The summed E-state index contributed by atoms with van der Waals surface area (Å²) >= 11 is 0.948. The Morgan fingerprint density at radius 1 is 1.18 bits per heavy atom. The fourth-order valence-electron chi connectivity index (χ4n) is 2.38. The molecule has 0 fully saturated rings. The van der Waals surface area contributed by atoms with Crippen LogP contribution in [0.3, 0.4) is 0 Å². The van der Waals surface area contributed by atoms with E-state index in [1.54, 1.807) is 19.9 Å². The highest BCUT2D eigenvalue weighted by atomic mass is 32.2. The predicted molar refractivity (Wildman–Crippen MR) is 104 cm³/mol. The van der Waals surface area contributed by atoms with Crippen molar-refractivity contribution in [3.63, 3.8) is 0 Å². The van der Waals surface area contributed by atoms with E-state index in [0.717, 1.165) is 22.6 Å². The van der Waals surface area contributed by atoms with Crippen molar-refractivity contribution >= 4 is 27.3 Å². The minimum Gasteiger partial charge on any atom is -0.480 e. The molecule has 0 bridgehead atoms. The number of thiophene rings is 1. The first-order chi connectivity index (χ1) is 13.2. The van der Waals surface area contributed by atoms with E-state index in [1.165, 1.54) is 10.9 Å². The van der Waals surface area contributed by atoms with Gasteiger partial charge in [0.25, 0.3) is 10.0 Å². The van der Waals surface area contributed by atoms with Gasteiger partial charge in [0.15, 0.2) is 0 Å². The van der Waals surface area contributed by atoms with E-state index in [-0.39, 0.29) is 10.0 Å². The van der Waals surface area contributed by atoms with Gasteiger partial charge in [-0.3, -0.25) is 4.79 Å². The minimum absolute atomic E-state index is 0.0129. The summed E-state index contributed by atoms with van der Waals surface area (Å²) in [7, 11) is -3.98. The van der Waals surface area contributed by atoms with Crippen LogP contribution in [0.5, 0.6) is 0 Å². The van der Waals surface area contributed by atoms with E-state index in [2.05, 4.69) is 20.1 Å². The maximum Gasteiger partial charge on any atom is 0.322 e. The number of carboxylic acids is 1. The molecule has 3 aromatic rings. The van der Waals surface area contributed by atoms with Crippen molar-refractivity contribution < 1.29 is 18.3 Å². The Kier molecular flexibility index (Phi) is 5.59. The van der Waals surface area contributed by atoms with Crippen LogP contribution in [-0.2, 0) is 14.8 Å². The Bertz CT molecular complexity index is 1090. The average molecular weight is 422 g/mol. The quantitative estimate of drug-likeness (QED) is 0.598. The van der Waals surface area contributed by atoms with Crippen molar-refractivity contribution in [1.29, 1.82) is 0 Å². The molecule has 11 heteroatoms. The molecule has 1 atom stereocenters. The summed E-state index contributed by atoms with van der Waals surface area (Å²) in [5, 5.41) is 21.5. The van der Waals surface area contributed by atoms with Crippen LogP contribution in [0.4, 0.5) is 0 Å². The largest absolute Gasteiger partial charge is 0.480 e. The molecule has 0 saturated carbocycles. The van der Waals surface area contributed by atoms with Crippen LogP contribution < -0.4 is 4.72 Å². The number of aromatic nitrogens is 4. The Labute approximate surface area is 166 Å². The molecule has 0 spiro atoms. The third-order valence-corrected chi connectivity index (χ3v) is 6.97. The van der Waals surface area contributed by atoms with Crippen molar-refractivity contribution in [2.75, 3.05) is 0 Å². The summed E-state index contributed by atoms with van der Waals surface area (Å²) in [6.07, 6.45) is 0. The molecule has 148 valence electrons. The molecule has 0 amide bonds. The maximum absolute atomic E-state index is 12.5. The number of benzene rings is 1. The molecule has 9 nitrogen and oxygen atoms in total. The lowest BCUT2D eigenvalue weighted by Gasteiger charge is -2.17. The summed E-state index contributed by atoms with van der Waals surface area (Å²) in [6.45, 7) is 5.24. The van der Waals surface area contributed by atoms with Gasteiger partial charge in [0.05, 0.1) is 10.6 Å². The van der Waals surface area contributed by atoms with Crippen LogP contribution in [0.25, 0.3) is 16.4 Å². The topological polar surface area (TPSA) is 127 Å². The van der Waals surface area contributed by atoms with Gasteiger partial charge >= 0.3 is 5.97 Å². The smallest absolute Gasteiger partial charge is 0.322 e. The number of nitrogens with zero attached hydrogens (tertiary/aromatic N) is 4. The average Bonchev–Trinajstić information content (AvgIpc) is 3.29. The van der Waals surface area contributed by atoms with Gasteiger partial charge in [0.1, 0.15) is 10.3 Å². The molecule has 0 aliphatic heterocycles. The highest BCUT2D eigenvalue weighted by Gasteiger charge is 2.29. The molecule has 28 heavy (non-hydrogen) atoms.